The Morgan fingerprint density at radius 2 is 1.58 bits per heavy atom. The Kier molecular flexibility index (Phi) is 11.6. The summed E-state index contributed by atoms with van der Waals surface area (Å²) in [4.78, 5) is 58.0. The first-order valence-corrected chi connectivity index (χ1v) is 22.8. The fourth-order valence-electron chi connectivity index (χ4n) is 10.0. The summed E-state index contributed by atoms with van der Waals surface area (Å²) in [6, 6.07) is 33.0. The lowest BCUT2D eigenvalue weighted by Gasteiger charge is -2.34. The van der Waals surface area contributed by atoms with E-state index in [1.807, 2.05) is 77.4 Å². The number of nitrogens with one attached hydrogen (secondary N) is 4. The molecule has 4 amide bonds. The standard InChI is InChI=1S/C51H52N8O6/c52-46-43-41(32-13-4-1-5-14-32)44(33-15-6-2-7-16-33)57(47(43)55-30-58(46)35-20-22-36(60)23-21-35)29-31-12-10-17-34(28-31)48(62)54-27-9-3-8-26-53-38-19-11-18-37-42(38)45-51(65-45)59(50(37)64)39-24-25-40(61)56-49(39)63/h1-2,4-7,10-19,28,30,35-36,39,45,51-53,60H,3,8-9,20-27,29H2,(H,54,62)(H,56,61,63). The lowest BCUT2D eigenvalue weighted by Crippen LogP contribution is -2.56. The third kappa shape index (κ3) is 8.23. The molecular weight excluding hydrogens is 821 g/mol. The number of imide groups is 1. The topological polar surface area (TPSA) is 187 Å². The van der Waals surface area contributed by atoms with Gasteiger partial charge in [-0.3, -0.25) is 34.8 Å². The van der Waals surface area contributed by atoms with Crippen LogP contribution in [0.4, 0.5) is 5.69 Å². The molecule has 0 spiro atoms. The molecule has 4 aromatic carbocycles. The van der Waals surface area contributed by atoms with Crippen LogP contribution in [0.3, 0.4) is 0 Å². The Bertz CT molecular complexity index is 2850. The maximum Gasteiger partial charge on any atom is 0.257 e. The predicted octanol–water partition coefficient (Wildman–Crippen LogP) is 6.85. The van der Waals surface area contributed by atoms with Crippen molar-refractivity contribution in [1.29, 1.82) is 5.41 Å². The van der Waals surface area contributed by atoms with E-state index in [0.29, 0.717) is 54.7 Å². The number of hydrogen-bond donors (Lipinski definition) is 5. The lowest BCUT2D eigenvalue weighted by atomic mass is 9.93. The molecule has 3 fully saturated rings. The molecule has 0 radical (unpaired) electrons. The third-order valence-corrected chi connectivity index (χ3v) is 13.3. The molecule has 4 aliphatic rings. The van der Waals surface area contributed by atoms with Crippen LogP contribution in [0, 0.1) is 5.41 Å². The number of unbranched alkanes of at least 4 members (excludes halogenated alkanes) is 2. The summed E-state index contributed by atoms with van der Waals surface area (Å²) in [5.41, 5.74) is 8.64. The number of nitrogens with zero attached hydrogens (tertiary/aromatic N) is 4. The summed E-state index contributed by atoms with van der Waals surface area (Å²) in [7, 11) is 0. The molecule has 3 unspecified atom stereocenters. The number of ether oxygens (including phenoxy) is 1. The van der Waals surface area contributed by atoms with Crippen molar-refractivity contribution in [2.45, 2.75) is 94.9 Å². The van der Waals surface area contributed by atoms with E-state index in [0.717, 1.165) is 76.7 Å². The Morgan fingerprint density at radius 1 is 0.846 bits per heavy atom. The number of anilines is 1. The minimum Gasteiger partial charge on any atom is -0.393 e. The molecule has 10 rings (SSSR count). The highest BCUT2D eigenvalue weighted by molar-refractivity contribution is 6.06. The van der Waals surface area contributed by atoms with Crippen LogP contribution in [-0.2, 0) is 20.9 Å². The number of hydrogen-bond acceptors (Lipinski definition) is 9. The van der Waals surface area contributed by atoms with E-state index in [1.165, 1.54) is 4.90 Å². The zero-order valence-electron chi connectivity index (χ0n) is 36.0. The molecule has 332 valence electrons. The lowest BCUT2D eigenvalue weighted by molar-refractivity contribution is -0.137. The van der Waals surface area contributed by atoms with Gasteiger partial charge in [-0.2, -0.15) is 0 Å². The fourth-order valence-corrected chi connectivity index (χ4v) is 10.0. The zero-order chi connectivity index (χ0) is 44.6. The van der Waals surface area contributed by atoms with Crippen LogP contribution in [0.25, 0.3) is 33.4 Å². The van der Waals surface area contributed by atoms with E-state index in [1.54, 1.807) is 12.4 Å². The van der Waals surface area contributed by atoms with E-state index in [4.69, 9.17) is 9.72 Å². The van der Waals surface area contributed by atoms with Gasteiger partial charge in [-0.15, -0.1) is 0 Å². The van der Waals surface area contributed by atoms with Crippen LogP contribution in [0.5, 0.6) is 0 Å². The Labute approximate surface area is 376 Å². The van der Waals surface area contributed by atoms with Crippen molar-refractivity contribution in [2.75, 3.05) is 18.4 Å². The normalized spacial score (nSPS) is 21.4. The van der Waals surface area contributed by atoms with Gasteiger partial charge in [0.25, 0.3) is 11.8 Å². The van der Waals surface area contributed by atoms with Gasteiger partial charge in [-0.25, -0.2) is 4.98 Å². The minimum absolute atomic E-state index is 0.0824. The number of carbonyl (C=O) groups is 4. The maximum atomic E-state index is 13.6. The smallest absolute Gasteiger partial charge is 0.257 e. The molecule has 0 bridgehead atoms. The van der Waals surface area contributed by atoms with Crippen LogP contribution in [-0.4, -0.2) is 79.2 Å². The second-order valence-corrected chi connectivity index (χ2v) is 17.5. The first kappa shape index (κ1) is 42.1. The predicted molar refractivity (Wildman–Crippen MR) is 245 cm³/mol. The summed E-state index contributed by atoms with van der Waals surface area (Å²) >= 11 is 0. The average Bonchev–Trinajstić information content (AvgIpc) is 4.05. The molecule has 6 aromatic rings. The fraction of sp³-hybridized carbons (Fsp3) is 0.333. The van der Waals surface area contributed by atoms with E-state index >= 15 is 0 Å². The van der Waals surface area contributed by atoms with Gasteiger partial charge in [0, 0.05) is 60.0 Å². The van der Waals surface area contributed by atoms with Crippen LogP contribution in [0.1, 0.15) is 102 Å². The number of rotatable bonds is 14. The number of piperidine rings is 1. The van der Waals surface area contributed by atoms with E-state index in [-0.39, 0.29) is 48.8 Å². The van der Waals surface area contributed by atoms with Crippen molar-refractivity contribution in [3.05, 3.63) is 137 Å². The summed E-state index contributed by atoms with van der Waals surface area (Å²) < 4.78 is 10.1. The SMILES string of the molecule is N=c1c2c(-c3ccccc3)c(-c3ccccc3)n(Cc3cccc(C(=O)NCCCCCNc4cccc5c4C4OC4N(C4CCC(=O)NC4=O)C5=O)c3)c2ncn1C1CCC(O)CC1. The van der Waals surface area contributed by atoms with Crippen molar-refractivity contribution >= 4 is 40.3 Å². The second-order valence-electron chi connectivity index (χ2n) is 17.5. The number of fused-ring (bicyclic) bond motifs is 4. The number of benzene rings is 4. The van der Waals surface area contributed by atoms with Gasteiger partial charge in [0.1, 0.15) is 23.3 Å². The van der Waals surface area contributed by atoms with Crippen molar-refractivity contribution < 1.29 is 29.0 Å². The molecule has 14 heteroatoms. The average molecular weight is 873 g/mol. The van der Waals surface area contributed by atoms with Gasteiger partial charge in [0.2, 0.25) is 11.8 Å². The molecule has 3 aliphatic heterocycles. The summed E-state index contributed by atoms with van der Waals surface area (Å²) in [5, 5.41) is 29.6. The van der Waals surface area contributed by atoms with Gasteiger partial charge >= 0.3 is 0 Å². The molecule has 3 atom stereocenters. The molecule has 65 heavy (non-hydrogen) atoms. The summed E-state index contributed by atoms with van der Waals surface area (Å²) in [6.07, 6.45) is 6.59. The maximum absolute atomic E-state index is 13.6. The third-order valence-electron chi connectivity index (χ3n) is 13.3. The van der Waals surface area contributed by atoms with Crippen molar-refractivity contribution in [3.8, 4) is 22.4 Å². The van der Waals surface area contributed by atoms with Gasteiger partial charge in [-0.1, -0.05) is 78.9 Å². The number of amides is 4. The van der Waals surface area contributed by atoms with Crippen molar-refractivity contribution in [1.82, 2.24) is 29.7 Å². The van der Waals surface area contributed by atoms with E-state index < -0.39 is 18.2 Å². The molecule has 5 heterocycles. The molecule has 1 aliphatic carbocycles. The monoisotopic (exact) mass is 872 g/mol. The van der Waals surface area contributed by atoms with E-state index in [9.17, 15) is 29.7 Å². The number of aliphatic hydroxyl groups excluding tert-OH is 1. The van der Waals surface area contributed by atoms with Crippen LogP contribution >= 0.6 is 0 Å². The zero-order valence-corrected chi connectivity index (χ0v) is 36.0. The van der Waals surface area contributed by atoms with Crippen LogP contribution in [0.2, 0.25) is 0 Å². The Hall–Kier alpha value is -6.90. The number of epoxide rings is 1. The molecule has 2 aromatic heterocycles. The minimum atomic E-state index is -0.731. The largest absolute Gasteiger partial charge is 0.393 e. The van der Waals surface area contributed by atoms with Gasteiger partial charge < -0.3 is 29.6 Å². The summed E-state index contributed by atoms with van der Waals surface area (Å²) in [6.45, 7) is 1.61. The molecule has 14 nitrogen and oxygen atoms in total. The first-order valence-electron chi connectivity index (χ1n) is 22.8. The van der Waals surface area contributed by atoms with Gasteiger partial charge in [-0.05, 0) is 92.3 Å². The van der Waals surface area contributed by atoms with Crippen molar-refractivity contribution in [2.24, 2.45) is 0 Å². The molecule has 5 N–H and O–H groups in total. The number of aromatic nitrogens is 3. The van der Waals surface area contributed by atoms with E-state index in [2.05, 4.69) is 44.8 Å². The highest BCUT2D eigenvalue weighted by Gasteiger charge is 2.57. The molecule has 1 saturated carbocycles. The first-order chi connectivity index (χ1) is 31.7. The molecule has 2 saturated heterocycles. The molecular formula is C51H52N8O6. The van der Waals surface area contributed by atoms with Crippen LogP contribution in [0.15, 0.2) is 109 Å². The number of carbonyl (C=O) groups excluding carboxylic acids is 4. The summed E-state index contributed by atoms with van der Waals surface area (Å²) in [5.74, 6) is -1.20. The highest BCUT2D eigenvalue weighted by atomic mass is 16.6. The van der Waals surface area contributed by atoms with Gasteiger partial charge in [0.15, 0.2) is 6.23 Å². The van der Waals surface area contributed by atoms with Gasteiger partial charge in [0.05, 0.1) is 23.5 Å². The van der Waals surface area contributed by atoms with Crippen LogP contribution < -0.4 is 21.4 Å². The number of aliphatic hydroxyl groups is 1. The quantitative estimate of drug-likeness (QED) is 0.0447. The van der Waals surface area contributed by atoms with Crippen molar-refractivity contribution in [3.63, 3.8) is 0 Å². The Morgan fingerprint density at radius 3 is 2.35 bits per heavy atom. The second kappa shape index (κ2) is 17.9. The Balaban J connectivity index is 0.803. The highest BCUT2D eigenvalue weighted by Crippen LogP contribution is 2.51.